The molecule has 5 heteroatoms. The summed E-state index contributed by atoms with van der Waals surface area (Å²) in [6.45, 7) is 10.9. The molecule has 0 radical (unpaired) electrons. The van der Waals surface area contributed by atoms with Gasteiger partial charge in [0.15, 0.2) is 0 Å². The Morgan fingerprint density at radius 1 is 1.16 bits per heavy atom. The highest BCUT2D eigenvalue weighted by Crippen LogP contribution is 2.36. The maximum atomic E-state index is 6.12. The Morgan fingerprint density at radius 2 is 1.68 bits per heavy atom. The molecule has 0 aliphatic carbocycles. The molecule has 0 spiro atoms. The van der Waals surface area contributed by atoms with Crippen molar-refractivity contribution in [2.45, 2.75) is 52.4 Å². The van der Waals surface area contributed by atoms with Crippen LogP contribution in [0.3, 0.4) is 0 Å². The fraction of sp³-hybridized carbons (Fsp3) is 0.571. The molecule has 1 aliphatic heterocycles. The van der Waals surface area contributed by atoms with E-state index >= 15 is 0 Å². The van der Waals surface area contributed by atoms with Gasteiger partial charge in [-0.05, 0) is 79.9 Å². The molecule has 0 atom stereocenters. The van der Waals surface area contributed by atoms with Gasteiger partial charge in [0, 0.05) is 10.1 Å². The zero-order valence-corrected chi connectivity index (χ0v) is 14.4. The number of rotatable bonds is 2. The monoisotopic (exact) mass is 373 g/mol. The van der Waals surface area contributed by atoms with Gasteiger partial charge in [0.25, 0.3) is 0 Å². The summed E-state index contributed by atoms with van der Waals surface area (Å²) in [7, 11) is -0.315. The van der Waals surface area contributed by atoms with Crippen molar-refractivity contribution < 1.29 is 9.31 Å². The van der Waals surface area contributed by atoms with Gasteiger partial charge in [-0.3, -0.25) is 0 Å². The molecule has 0 unspecified atom stereocenters. The molecule has 1 aliphatic rings. The smallest absolute Gasteiger partial charge is 0.399 e. The summed E-state index contributed by atoms with van der Waals surface area (Å²) in [5.41, 5.74) is 8.54. The number of nitrogens with two attached hydrogens (primary N) is 1. The second kappa shape index (κ2) is 5.02. The largest absolute Gasteiger partial charge is 0.495 e. The molecule has 0 bridgehead atoms. The van der Waals surface area contributed by atoms with Crippen molar-refractivity contribution in [1.82, 2.24) is 0 Å². The van der Waals surface area contributed by atoms with Crippen LogP contribution < -0.4 is 11.2 Å². The summed E-state index contributed by atoms with van der Waals surface area (Å²) >= 11 is 2.34. The van der Waals surface area contributed by atoms with Crippen molar-refractivity contribution in [1.29, 1.82) is 0 Å². The molecule has 1 saturated heterocycles. The Kier molecular flexibility index (Phi) is 4.04. The van der Waals surface area contributed by atoms with Crippen molar-refractivity contribution in [3.8, 4) is 0 Å². The molecule has 0 amide bonds. The lowest BCUT2D eigenvalue weighted by atomic mass is 9.75. The van der Waals surface area contributed by atoms with E-state index in [4.69, 9.17) is 15.0 Å². The summed E-state index contributed by atoms with van der Waals surface area (Å²) < 4.78 is 13.4. The maximum Gasteiger partial charge on any atom is 0.495 e. The Morgan fingerprint density at radius 3 is 2.16 bits per heavy atom. The molecule has 1 fully saturated rings. The van der Waals surface area contributed by atoms with Crippen LogP contribution in [0, 0.1) is 10.5 Å². The first-order valence-electron chi connectivity index (χ1n) is 6.52. The van der Waals surface area contributed by atoms with E-state index in [9.17, 15) is 0 Å². The number of hydrogen-bond donors (Lipinski definition) is 1. The van der Waals surface area contributed by atoms with Crippen LogP contribution in [0.4, 0.5) is 0 Å². The van der Waals surface area contributed by atoms with Gasteiger partial charge in [-0.25, -0.2) is 0 Å². The van der Waals surface area contributed by atoms with Crippen LogP contribution in [0.15, 0.2) is 12.1 Å². The minimum Gasteiger partial charge on any atom is -0.399 e. The zero-order chi connectivity index (χ0) is 14.4. The van der Waals surface area contributed by atoms with Crippen molar-refractivity contribution >= 4 is 35.2 Å². The van der Waals surface area contributed by atoms with Crippen LogP contribution in [-0.2, 0) is 15.9 Å². The number of hydrogen-bond acceptors (Lipinski definition) is 3. The van der Waals surface area contributed by atoms with Gasteiger partial charge in [-0.2, -0.15) is 0 Å². The first-order valence-corrected chi connectivity index (χ1v) is 7.60. The molecule has 1 heterocycles. The van der Waals surface area contributed by atoms with Gasteiger partial charge in [0.1, 0.15) is 0 Å². The van der Waals surface area contributed by atoms with E-state index in [-0.39, 0.29) is 18.3 Å². The average Bonchev–Trinajstić information content (AvgIpc) is 2.51. The summed E-state index contributed by atoms with van der Waals surface area (Å²) in [5.74, 6) is 0. The van der Waals surface area contributed by atoms with Gasteiger partial charge in [-0.15, -0.1) is 0 Å². The van der Waals surface area contributed by atoms with E-state index in [0.717, 1.165) is 11.0 Å². The molecule has 0 aromatic heterocycles. The van der Waals surface area contributed by atoms with Gasteiger partial charge >= 0.3 is 7.12 Å². The molecule has 2 rings (SSSR count). The molecule has 3 nitrogen and oxygen atoms in total. The number of benzene rings is 1. The fourth-order valence-electron chi connectivity index (χ4n) is 2.09. The van der Waals surface area contributed by atoms with E-state index < -0.39 is 0 Å². The Hall–Kier alpha value is -0.105. The van der Waals surface area contributed by atoms with Crippen LogP contribution in [0.2, 0.25) is 0 Å². The van der Waals surface area contributed by atoms with E-state index in [1.165, 1.54) is 9.13 Å². The topological polar surface area (TPSA) is 44.5 Å². The fourth-order valence-corrected chi connectivity index (χ4v) is 2.80. The highest BCUT2D eigenvalue weighted by atomic mass is 127. The van der Waals surface area contributed by atoms with Gasteiger partial charge in [-0.1, -0.05) is 6.07 Å². The minimum absolute atomic E-state index is 0.311. The van der Waals surface area contributed by atoms with Crippen molar-refractivity contribution in [3.05, 3.63) is 26.8 Å². The van der Waals surface area contributed by atoms with Crippen LogP contribution in [-0.4, -0.2) is 18.3 Å². The molecule has 1 aromatic rings. The standard InChI is InChI=1S/C14H21BINO2/c1-9-11(6-10(8-17)7-12(9)16)15-18-13(2,3)14(4,5)19-15/h6-7H,8,17H2,1-5H3. The first-order chi connectivity index (χ1) is 8.68. The quantitative estimate of drug-likeness (QED) is 0.640. The van der Waals surface area contributed by atoms with E-state index in [0.29, 0.717) is 6.54 Å². The molecule has 19 heavy (non-hydrogen) atoms. The van der Waals surface area contributed by atoms with Crippen LogP contribution in [0.1, 0.15) is 38.8 Å². The zero-order valence-electron chi connectivity index (χ0n) is 12.2. The Labute approximate surface area is 129 Å². The van der Waals surface area contributed by atoms with Crippen molar-refractivity contribution in [2.75, 3.05) is 0 Å². The van der Waals surface area contributed by atoms with Gasteiger partial charge in [0.2, 0.25) is 0 Å². The molecule has 0 saturated carbocycles. The summed E-state index contributed by atoms with van der Waals surface area (Å²) in [6.07, 6.45) is 0. The summed E-state index contributed by atoms with van der Waals surface area (Å²) in [4.78, 5) is 0. The van der Waals surface area contributed by atoms with Crippen LogP contribution >= 0.6 is 22.6 Å². The molecule has 1 aromatic carbocycles. The number of halogens is 1. The van der Waals surface area contributed by atoms with E-state index in [1.807, 2.05) is 0 Å². The lowest BCUT2D eigenvalue weighted by molar-refractivity contribution is 0.00578. The third-order valence-electron chi connectivity index (χ3n) is 4.19. The van der Waals surface area contributed by atoms with Crippen molar-refractivity contribution in [2.24, 2.45) is 5.73 Å². The maximum absolute atomic E-state index is 6.12. The summed E-state index contributed by atoms with van der Waals surface area (Å²) in [6, 6.07) is 4.21. The molecule has 104 valence electrons. The van der Waals surface area contributed by atoms with Gasteiger partial charge in [0.05, 0.1) is 11.2 Å². The first kappa shape index (κ1) is 15.3. The highest BCUT2D eigenvalue weighted by Gasteiger charge is 2.52. The SMILES string of the molecule is Cc1c(I)cc(CN)cc1B1OC(C)(C)C(C)(C)O1. The lowest BCUT2D eigenvalue weighted by Gasteiger charge is -2.32. The third kappa shape index (κ3) is 2.70. The minimum atomic E-state index is -0.315. The summed E-state index contributed by atoms with van der Waals surface area (Å²) in [5, 5.41) is 0. The Balaban J connectivity index is 2.42. The normalized spacial score (nSPS) is 20.9. The molecular formula is C14H21BINO2. The second-order valence-corrected chi connectivity index (χ2v) is 7.25. The van der Waals surface area contributed by atoms with Crippen LogP contribution in [0.5, 0.6) is 0 Å². The third-order valence-corrected chi connectivity index (χ3v) is 5.31. The van der Waals surface area contributed by atoms with E-state index in [1.54, 1.807) is 0 Å². The Bertz CT molecular complexity index is 486. The average molecular weight is 373 g/mol. The van der Waals surface area contributed by atoms with Crippen molar-refractivity contribution in [3.63, 3.8) is 0 Å². The van der Waals surface area contributed by atoms with E-state index in [2.05, 4.69) is 69.3 Å². The molecule has 2 N–H and O–H groups in total. The predicted octanol–water partition coefficient (Wildman–Crippen LogP) is 2.36. The van der Waals surface area contributed by atoms with Crippen LogP contribution in [0.25, 0.3) is 0 Å². The molecular weight excluding hydrogens is 352 g/mol. The second-order valence-electron chi connectivity index (χ2n) is 6.08. The predicted molar refractivity (Wildman–Crippen MR) is 87.5 cm³/mol. The highest BCUT2D eigenvalue weighted by molar-refractivity contribution is 14.1. The van der Waals surface area contributed by atoms with Gasteiger partial charge < -0.3 is 15.0 Å². The lowest BCUT2D eigenvalue weighted by Crippen LogP contribution is -2.41.